The molecule has 0 fully saturated rings. The first kappa shape index (κ1) is 15.6. The van der Waals surface area contributed by atoms with Crippen LogP contribution >= 0.6 is 11.8 Å². The summed E-state index contributed by atoms with van der Waals surface area (Å²) in [7, 11) is 1.70. The van der Waals surface area contributed by atoms with Gasteiger partial charge >= 0.3 is 0 Å². The zero-order valence-corrected chi connectivity index (χ0v) is 13.2. The third-order valence-corrected chi connectivity index (χ3v) is 4.32. The van der Waals surface area contributed by atoms with Crippen LogP contribution in [0.15, 0.2) is 11.0 Å². The summed E-state index contributed by atoms with van der Waals surface area (Å²) in [6, 6.07) is 0. The molecule has 0 aliphatic rings. The van der Waals surface area contributed by atoms with Crippen LogP contribution in [0.5, 0.6) is 0 Å². The Morgan fingerprint density at radius 1 is 1.57 bits per heavy atom. The standard InChI is InChI=1S/C13H19N5O2S/c1-4-5-6-21-8(2)11(19)16-13-15-10-9(12(20)17-13)7-14-18(10)3/h7-8H,4-6H2,1-3H3,(H2,15,16,17,19,20). The summed E-state index contributed by atoms with van der Waals surface area (Å²) in [6.45, 7) is 3.96. The van der Waals surface area contributed by atoms with E-state index in [1.54, 1.807) is 18.8 Å². The highest BCUT2D eigenvalue weighted by Crippen LogP contribution is 2.14. The van der Waals surface area contributed by atoms with Crippen LogP contribution in [-0.2, 0) is 11.8 Å². The molecule has 2 rings (SSSR count). The fourth-order valence-electron chi connectivity index (χ4n) is 1.79. The van der Waals surface area contributed by atoms with Crippen molar-refractivity contribution in [1.29, 1.82) is 0 Å². The van der Waals surface area contributed by atoms with Gasteiger partial charge in [0, 0.05) is 7.05 Å². The highest BCUT2D eigenvalue weighted by Gasteiger charge is 2.15. The maximum absolute atomic E-state index is 12.1. The first-order valence-corrected chi connectivity index (χ1v) is 7.92. The Morgan fingerprint density at radius 3 is 3.05 bits per heavy atom. The van der Waals surface area contributed by atoms with Crippen LogP contribution in [0.2, 0.25) is 0 Å². The van der Waals surface area contributed by atoms with E-state index >= 15 is 0 Å². The van der Waals surface area contributed by atoms with Gasteiger partial charge in [-0.2, -0.15) is 10.1 Å². The Morgan fingerprint density at radius 2 is 2.33 bits per heavy atom. The lowest BCUT2D eigenvalue weighted by atomic mass is 10.4. The summed E-state index contributed by atoms with van der Waals surface area (Å²) in [5, 5.41) is 6.84. The van der Waals surface area contributed by atoms with Crippen molar-refractivity contribution in [2.75, 3.05) is 11.1 Å². The van der Waals surface area contributed by atoms with Crippen molar-refractivity contribution in [3.63, 3.8) is 0 Å². The molecule has 7 nitrogen and oxygen atoms in total. The normalized spacial score (nSPS) is 12.5. The number of carbonyl (C=O) groups excluding carboxylic acids is 1. The monoisotopic (exact) mass is 309 g/mol. The number of thioether (sulfide) groups is 1. The Hall–Kier alpha value is -1.83. The third-order valence-electron chi connectivity index (χ3n) is 3.08. The molecule has 0 aliphatic carbocycles. The zero-order valence-electron chi connectivity index (χ0n) is 12.3. The van der Waals surface area contributed by atoms with Gasteiger partial charge in [0.05, 0.1) is 11.4 Å². The first-order chi connectivity index (χ1) is 10.0. The molecule has 0 bridgehead atoms. The molecular weight excluding hydrogens is 290 g/mol. The molecule has 8 heteroatoms. The minimum atomic E-state index is -0.310. The molecule has 2 aromatic rings. The SMILES string of the molecule is CCCCSC(C)C(=O)Nc1nc2c(cnn2C)c(=O)[nH]1. The Labute approximate surface area is 126 Å². The number of amides is 1. The Bertz CT molecular complexity index is 693. The zero-order chi connectivity index (χ0) is 15.4. The van der Waals surface area contributed by atoms with E-state index in [1.165, 1.54) is 10.9 Å². The van der Waals surface area contributed by atoms with Crippen LogP contribution in [0.4, 0.5) is 5.95 Å². The van der Waals surface area contributed by atoms with Gasteiger partial charge in [0.1, 0.15) is 5.39 Å². The second-order valence-corrected chi connectivity index (χ2v) is 6.22. The van der Waals surface area contributed by atoms with E-state index in [-0.39, 0.29) is 22.7 Å². The Kier molecular flexibility index (Phi) is 5.00. The smallest absolute Gasteiger partial charge is 0.263 e. The van der Waals surface area contributed by atoms with Crippen molar-refractivity contribution < 1.29 is 4.79 Å². The lowest BCUT2D eigenvalue weighted by molar-refractivity contribution is -0.115. The first-order valence-electron chi connectivity index (χ1n) is 6.87. The van der Waals surface area contributed by atoms with Gasteiger partial charge in [0.25, 0.3) is 5.56 Å². The average Bonchev–Trinajstić information content (AvgIpc) is 2.81. The number of aromatic nitrogens is 4. The predicted molar refractivity (Wildman–Crippen MR) is 84.6 cm³/mol. The number of aryl methyl sites for hydroxylation is 1. The molecular formula is C13H19N5O2S. The quantitative estimate of drug-likeness (QED) is 0.789. The number of nitrogens with zero attached hydrogens (tertiary/aromatic N) is 3. The number of rotatable bonds is 6. The van der Waals surface area contributed by atoms with Crippen LogP contribution in [0.25, 0.3) is 11.0 Å². The second kappa shape index (κ2) is 6.75. The number of carbonyl (C=O) groups is 1. The average molecular weight is 309 g/mol. The predicted octanol–water partition coefficient (Wildman–Crippen LogP) is 1.52. The molecule has 0 saturated carbocycles. The maximum atomic E-state index is 12.1. The molecule has 1 amide bonds. The number of anilines is 1. The fraction of sp³-hybridized carbons (Fsp3) is 0.538. The van der Waals surface area contributed by atoms with Crippen molar-refractivity contribution >= 4 is 34.7 Å². The summed E-state index contributed by atoms with van der Waals surface area (Å²) in [6.07, 6.45) is 3.64. The van der Waals surface area contributed by atoms with Crippen LogP contribution in [0.3, 0.4) is 0 Å². The lowest BCUT2D eigenvalue weighted by Crippen LogP contribution is -2.25. The topological polar surface area (TPSA) is 92.7 Å². The van der Waals surface area contributed by atoms with E-state index in [0.717, 1.165) is 18.6 Å². The number of hydrogen-bond acceptors (Lipinski definition) is 5. The van der Waals surface area contributed by atoms with E-state index in [4.69, 9.17) is 0 Å². The maximum Gasteiger partial charge on any atom is 0.263 e. The minimum absolute atomic E-state index is 0.157. The summed E-state index contributed by atoms with van der Waals surface area (Å²) in [4.78, 5) is 30.7. The molecule has 1 unspecified atom stereocenters. The number of fused-ring (bicyclic) bond motifs is 1. The van der Waals surface area contributed by atoms with E-state index in [9.17, 15) is 9.59 Å². The van der Waals surface area contributed by atoms with E-state index in [1.807, 2.05) is 6.92 Å². The van der Waals surface area contributed by atoms with Crippen LogP contribution in [-0.4, -0.2) is 36.7 Å². The molecule has 0 spiro atoms. The van der Waals surface area contributed by atoms with Gasteiger partial charge in [-0.05, 0) is 19.1 Å². The lowest BCUT2D eigenvalue weighted by Gasteiger charge is -2.11. The van der Waals surface area contributed by atoms with Gasteiger partial charge in [-0.3, -0.25) is 24.6 Å². The van der Waals surface area contributed by atoms with Gasteiger partial charge in [0.2, 0.25) is 11.9 Å². The number of unbranched alkanes of at least 4 members (excludes halogenated alkanes) is 1. The van der Waals surface area contributed by atoms with Crippen molar-refractivity contribution in [1.82, 2.24) is 19.7 Å². The molecule has 0 aliphatic heterocycles. The molecule has 1 atom stereocenters. The molecule has 0 aromatic carbocycles. The molecule has 0 radical (unpaired) electrons. The van der Waals surface area contributed by atoms with Crippen LogP contribution in [0, 0.1) is 0 Å². The molecule has 2 heterocycles. The summed E-state index contributed by atoms with van der Waals surface area (Å²) in [5.74, 6) is 0.931. The molecule has 2 N–H and O–H groups in total. The fourth-order valence-corrected chi connectivity index (χ4v) is 2.81. The van der Waals surface area contributed by atoms with Gasteiger partial charge in [-0.1, -0.05) is 13.3 Å². The number of aromatic amines is 1. The molecule has 0 saturated heterocycles. The van der Waals surface area contributed by atoms with Gasteiger partial charge in [-0.15, -0.1) is 11.8 Å². The van der Waals surface area contributed by atoms with Crippen molar-refractivity contribution in [3.05, 3.63) is 16.6 Å². The summed E-state index contributed by atoms with van der Waals surface area (Å²) < 4.78 is 1.50. The summed E-state index contributed by atoms with van der Waals surface area (Å²) >= 11 is 1.59. The van der Waals surface area contributed by atoms with E-state index in [0.29, 0.717) is 11.0 Å². The Balaban J connectivity index is 2.10. The molecule has 114 valence electrons. The van der Waals surface area contributed by atoms with Gasteiger partial charge in [0.15, 0.2) is 5.65 Å². The molecule has 21 heavy (non-hydrogen) atoms. The highest BCUT2D eigenvalue weighted by atomic mass is 32.2. The van der Waals surface area contributed by atoms with E-state index in [2.05, 4.69) is 27.3 Å². The summed E-state index contributed by atoms with van der Waals surface area (Å²) in [5.41, 5.74) is 0.134. The number of nitrogens with one attached hydrogen (secondary N) is 2. The largest absolute Gasteiger partial charge is 0.295 e. The van der Waals surface area contributed by atoms with Crippen LogP contribution < -0.4 is 10.9 Å². The number of H-pyrrole nitrogens is 1. The number of hydrogen-bond donors (Lipinski definition) is 2. The third kappa shape index (κ3) is 3.63. The highest BCUT2D eigenvalue weighted by molar-refractivity contribution is 8.00. The van der Waals surface area contributed by atoms with Gasteiger partial charge < -0.3 is 0 Å². The minimum Gasteiger partial charge on any atom is -0.295 e. The van der Waals surface area contributed by atoms with Crippen LogP contribution in [0.1, 0.15) is 26.7 Å². The van der Waals surface area contributed by atoms with Crippen molar-refractivity contribution in [2.24, 2.45) is 7.05 Å². The van der Waals surface area contributed by atoms with Crippen molar-refractivity contribution in [2.45, 2.75) is 31.9 Å². The van der Waals surface area contributed by atoms with E-state index < -0.39 is 0 Å². The van der Waals surface area contributed by atoms with Gasteiger partial charge in [-0.25, -0.2) is 0 Å². The second-order valence-electron chi connectivity index (χ2n) is 4.78. The van der Waals surface area contributed by atoms with Crippen molar-refractivity contribution in [3.8, 4) is 0 Å². The molecule has 2 aromatic heterocycles.